The van der Waals surface area contributed by atoms with Gasteiger partial charge in [0.2, 0.25) is 5.95 Å². The van der Waals surface area contributed by atoms with Gasteiger partial charge in [0.1, 0.15) is 0 Å². The Morgan fingerprint density at radius 1 is 1.06 bits per heavy atom. The molecule has 1 aromatic carbocycles. The highest BCUT2D eigenvalue weighted by Gasteiger charge is 2.24. The number of aromatic nitrogens is 3. The molecular weight excluding hydrogens is 461 g/mol. The Bertz CT molecular complexity index is 1100. The topological polar surface area (TPSA) is 92.4 Å². The number of benzene rings is 1. The zero-order valence-corrected chi connectivity index (χ0v) is 19.8. The Morgan fingerprint density at radius 3 is 2.67 bits per heavy atom. The number of halogens is 1. The van der Waals surface area contributed by atoms with Crippen molar-refractivity contribution in [1.82, 2.24) is 19.3 Å². The molecule has 0 saturated carbocycles. The number of hydrogen-bond acceptors (Lipinski definition) is 10. The van der Waals surface area contributed by atoms with E-state index in [1.165, 1.54) is 42.7 Å². The predicted octanol–water partition coefficient (Wildman–Crippen LogP) is 4.29. The van der Waals surface area contributed by atoms with Crippen molar-refractivity contribution in [2.45, 2.75) is 19.3 Å². The summed E-state index contributed by atoms with van der Waals surface area (Å²) in [6.45, 7) is 4.79. The molecule has 33 heavy (non-hydrogen) atoms. The maximum absolute atomic E-state index is 15.7. The Morgan fingerprint density at radius 2 is 1.88 bits per heavy atom. The van der Waals surface area contributed by atoms with Crippen LogP contribution in [0.5, 0.6) is 0 Å². The summed E-state index contributed by atoms with van der Waals surface area (Å²) < 4.78 is 26.6. The monoisotopic (exact) mass is 487 g/mol. The number of morpholine rings is 1. The molecule has 0 bridgehead atoms. The number of thiazole rings is 1. The smallest absolute Gasteiger partial charge is 0.220 e. The lowest BCUT2D eigenvalue weighted by atomic mass is 10.1. The number of nitrogen functional groups attached to an aromatic ring is 1. The molecule has 0 amide bonds. The highest BCUT2D eigenvalue weighted by molar-refractivity contribution is 7.98. The molecular formula is C22H26FN7OS2. The van der Waals surface area contributed by atoms with Gasteiger partial charge in [0, 0.05) is 50.1 Å². The molecule has 3 N–H and O–H groups in total. The molecule has 2 fully saturated rings. The molecule has 2 saturated heterocycles. The van der Waals surface area contributed by atoms with Crippen LogP contribution in [0.15, 0.2) is 30.5 Å². The van der Waals surface area contributed by atoms with Gasteiger partial charge in [-0.25, -0.2) is 23.6 Å². The van der Waals surface area contributed by atoms with Crippen molar-refractivity contribution in [3.63, 3.8) is 0 Å². The largest absolute Gasteiger partial charge is 0.378 e. The SMILES string of the molecule is Nc1nccc(-c2sc(N3CCOCC3)nc2-c2cccc(NSN3CCCCC3)c2F)n1. The van der Waals surface area contributed by atoms with Crippen molar-refractivity contribution in [1.29, 1.82) is 0 Å². The Kier molecular flexibility index (Phi) is 6.91. The highest BCUT2D eigenvalue weighted by atomic mass is 32.2. The van der Waals surface area contributed by atoms with Crippen LogP contribution in [0.4, 0.5) is 21.2 Å². The molecule has 2 aromatic heterocycles. The zero-order chi connectivity index (χ0) is 22.6. The third-order valence-electron chi connectivity index (χ3n) is 5.66. The zero-order valence-electron chi connectivity index (χ0n) is 18.2. The van der Waals surface area contributed by atoms with Crippen LogP contribution in [-0.4, -0.2) is 58.6 Å². The normalized spacial score (nSPS) is 17.3. The van der Waals surface area contributed by atoms with E-state index in [2.05, 4.69) is 23.9 Å². The fraction of sp³-hybridized carbons (Fsp3) is 0.409. The predicted molar refractivity (Wildman–Crippen MR) is 133 cm³/mol. The van der Waals surface area contributed by atoms with Crippen LogP contribution in [-0.2, 0) is 4.74 Å². The first-order valence-corrected chi connectivity index (χ1v) is 12.7. The minimum atomic E-state index is -0.330. The number of rotatable bonds is 6. The maximum atomic E-state index is 15.7. The first kappa shape index (κ1) is 22.3. The van der Waals surface area contributed by atoms with E-state index >= 15 is 4.39 Å². The Hall–Kier alpha value is -2.47. The fourth-order valence-electron chi connectivity index (χ4n) is 3.92. The summed E-state index contributed by atoms with van der Waals surface area (Å²) in [7, 11) is 0. The van der Waals surface area contributed by atoms with Gasteiger partial charge in [0.25, 0.3) is 0 Å². The molecule has 0 aliphatic carbocycles. The average Bonchev–Trinajstić information content (AvgIpc) is 3.30. The summed E-state index contributed by atoms with van der Waals surface area (Å²) in [5.74, 6) is -0.155. The van der Waals surface area contributed by atoms with Crippen molar-refractivity contribution in [2.75, 3.05) is 54.7 Å². The summed E-state index contributed by atoms with van der Waals surface area (Å²) in [5.41, 5.74) is 7.91. The maximum Gasteiger partial charge on any atom is 0.220 e. The first-order valence-electron chi connectivity index (χ1n) is 11.1. The number of ether oxygens (including phenoxy) is 1. The molecule has 174 valence electrons. The molecule has 8 nitrogen and oxygen atoms in total. The highest BCUT2D eigenvalue weighted by Crippen LogP contribution is 2.42. The van der Waals surface area contributed by atoms with E-state index in [0.717, 1.165) is 36.2 Å². The molecule has 3 aromatic rings. The van der Waals surface area contributed by atoms with E-state index in [0.29, 0.717) is 35.9 Å². The first-order chi connectivity index (χ1) is 16.2. The number of hydrogen-bond donors (Lipinski definition) is 2. The third-order valence-corrected chi connectivity index (χ3v) is 7.73. The summed E-state index contributed by atoms with van der Waals surface area (Å²) in [6.07, 6.45) is 5.21. The molecule has 0 atom stereocenters. The second-order valence-electron chi connectivity index (χ2n) is 7.92. The average molecular weight is 488 g/mol. The molecule has 0 unspecified atom stereocenters. The van der Waals surface area contributed by atoms with Crippen LogP contribution in [0, 0.1) is 5.82 Å². The van der Waals surface area contributed by atoms with Crippen LogP contribution in [0.2, 0.25) is 0 Å². The molecule has 11 heteroatoms. The van der Waals surface area contributed by atoms with Gasteiger partial charge in [0.15, 0.2) is 10.9 Å². The van der Waals surface area contributed by atoms with Crippen molar-refractivity contribution in [3.05, 3.63) is 36.3 Å². The fourth-order valence-corrected chi connectivity index (χ4v) is 5.85. The number of piperidine rings is 1. The standard InChI is InChI=1S/C22H26FN7OS2/c23-18-15(5-4-6-16(18)28-33-30-9-2-1-3-10-30)19-20(17-7-8-25-21(24)26-17)32-22(27-19)29-11-13-31-14-12-29/h4-8,28H,1-3,9-14H2,(H2,24,25,26). The number of nitrogens with one attached hydrogen (secondary N) is 1. The Balaban J connectivity index is 1.50. The van der Waals surface area contributed by atoms with Crippen molar-refractivity contribution in [2.24, 2.45) is 0 Å². The van der Waals surface area contributed by atoms with Crippen molar-refractivity contribution >= 4 is 40.2 Å². The lowest BCUT2D eigenvalue weighted by molar-refractivity contribution is 0.122. The van der Waals surface area contributed by atoms with Gasteiger partial charge in [-0.05, 0) is 31.0 Å². The van der Waals surface area contributed by atoms with E-state index < -0.39 is 0 Å². The van der Waals surface area contributed by atoms with Gasteiger partial charge in [-0.1, -0.05) is 23.8 Å². The third kappa shape index (κ3) is 5.06. The number of nitrogens with zero attached hydrogens (tertiary/aromatic N) is 5. The van der Waals surface area contributed by atoms with Gasteiger partial charge in [-0.3, -0.25) is 0 Å². The van der Waals surface area contributed by atoms with E-state index in [1.54, 1.807) is 24.4 Å². The molecule has 5 rings (SSSR count). The van der Waals surface area contributed by atoms with Gasteiger partial charge < -0.3 is 20.1 Å². The summed E-state index contributed by atoms with van der Waals surface area (Å²) >= 11 is 2.95. The molecule has 2 aliphatic heterocycles. The quantitative estimate of drug-likeness (QED) is 0.494. The van der Waals surface area contributed by atoms with E-state index in [9.17, 15) is 0 Å². The van der Waals surface area contributed by atoms with Crippen molar-refractivity contribution in [3.8, 4) is 21.8 Å². The van der Waals surface area contributed by atoms with E-state index in [4.69, 9.17) is 15.5 Å². The lowest BCUT2D eigenvalue weighted by Gasteiger charge is -2.26. The van der Waals surface area contributed by atoms with Gasteiger partial charge in [0.05, 0.1) is 35.2 Å². The van der Waals surface area contributed by atoms with Gasteiger partial charge in [-0.2, -0.15) is 0 Å². The van der Waals surface area contributed by atoms with Crippen LogP contribution < -0.4 is 15.4 Å². The summed E-state index contributed by atoms with van der Waals surface area (Å²) in [4.78, 5) is 16.2. The Labute approximate surface area is 200 Å². The van der Waals surface area contributed by atoms with Crippen molar-refractivity contribution < 1.29 is 9.13 Å². The summed E-state index contributed by atoms with van der Waals surface area (Å²) in [5, 5.41) is 0.820. The molecule has 0 spiro atoms. The lowest BCUT2D eigenvalue weighted by Crippen LogP contribution is -2.36. The summed E-state index contributed by atoms with van der Waals surface area (Å²) in [6, 6.07) is 7.15. The second kappa shape index (κ2) is 10.2. The number of anilines is 3. The molecule has 4 heterocycles. The molecule has 2 aliphatic rings. The van der Waals surface area contributed by atoms with Gasteiger partial charge in [-0.15, -0.1) is 0 Å². The van der Waals surface area contributed by atoms with E-state index in [-0.39, 0.29) is 11.8 Å². The molecule has 0 radical (unpaired) electrons. The number of nitrogens with two attached hydrogens (primary N) is 1. The van der Waals surface area contributed by atoms with Crippen LogP contribution >= 0.6 is 23.5 Å². The van der Waals surface area contributed by atoms with E-state index in [1.807, 2.05) is 6.07 Å². The van der Waals surface area contributed by atoms with Crippen LogP contribution in [0.1, 0.15) is 19.3 Å². The van der Waals surface area contributed by atoms with Gasteiger partial charge >= 0.3 is 0 Å². The second-order valence-corrected chi connectivity index (χ2v) is 9.80. The minimum Gasteiger partial charge on any atom is -0.378 e. The van der Waals surface area contributed by atoms with Crippen LogP contribution in [0.3, 0.4) is 0 Å². The van der Waals surface area contributed by atoms with Crippen LogP contribution in [0.25, 0.3) is 21.8 Å². The minimum absolute atomic E-state index is 0.175.